The van der Waals surface area contributed by atoms with Crippen LogP contribution in [-0.4, -0.2) is 0 Å². The molecule has 0 nitrogen and oxygen atoms in total. The van der Waals surface area contributed by atoms with E-state index < -0.39 is 0 Å². The second kappa shape index (κ2) is 2.14. The van der Waals surface area contributed by atoms with Gasteiger partial charge < -0.3 is 0 Å². The summed E-state index contributed by atoms with van der Waals surface area (Å²) in [5.41, 5.74) is 2.37. The molecular formula is C8H6Cl2. The van der Waals surface area contributed by atoms with E-state index in [1.807, 2.05) is 24.3 Å². The molecule has 0 aliphatic heterocycles. The average molecular weight is 173 g/mol. The third kappa shape index (κ3) is 0.694. The Bertz CT molecular complexity index is 230. The van der Waals surface area contributed by atoms with E-state index in [1.54, 1.807) is 0 Å². The van der Waals surface area contributed by atoms with Crippen molar-refractivity contribution in [1.82, 2.24) is 0 Å². The van der Waals surface area contributed by atoms with Crippen LogP contribution in [0.5, 0.6) is 0 Å². The van der Waals surface area contributed by atoms with Gasteiger partial charge in [-0.1, -0.05) is 24.3 Å². The summed E-state index contributed by atoms with van der Waals surface area (Å²) in [6.07, 6.45) is 0. The number of hydrogen-bond acceptors (Lipinski definition) is 0. The highest BCUT2D eigenvalue weighted by Gasteiger charge is 2.33. The Morgan fingerprint density at radius 1 is 0.900 bits per heavy atom. The van der Waals surface area contributed by atoms with Crippen molar-refractivity contribution < 1.29 is 0 Å². The largest absolute Gasteiger partial charge is 0.116 e. The summed E-state index contributed by atoms with van der Waals surface area (Å²) < 4.78 is 0. The molecule has 1 aliphatic carbocycles. The molecule has 0 radical (unpaired) electrons. The Morgan fingerprint density at radius 3 is 1.70 bits per heavy atom. The summed E-state index contributed by atoms with van der Waals surface area (Å²) in [7, 11) is 0. The van der Waals surface area contributed by atoms with Gasteiger partial charge in [0.25, 0.3) is 0 Å². The lowest BCUT2D eigenvalue weighted by Gasteiger charge is -2.30. The first-order chi connectivity index (χ1) is 4.80. The molecule has 0 fully saturated rings. The molecule has 1 aromatic rings. The second-order valence-electron chi connectivity index (χ2n) is 2.43. The highest BCUT2D eigenvalue weighted by atomic mass is 35.5. The fourth-order valence-corrected chi connectivity index (χ4v) is 1.90. The van der Waals surface area contributed by atoms with Crippen molar-refractivity contribution in [2.45, 2.75) is 10.8 Å². The lowest BCUT2D eigenvalue weighted by Crippen LogP contribution is -2.14. The fraction of sp³-hybridized carbons (Fsp3) is 0.250. The van der Waals surface area contributed by atoms with Crippen LogP contribution in [0.15, 0.2) is 24.3 Å². The van der Waals surface area contributed by atoms with Crippen molar-refractivity contribution in [3.63, 3.8) is 0 Å². The zero-order chi connectivity index (χ0) is 7.14. The number of alkyl halides is 2. The highest BCUT2D eigenvalue weighted by molar-refractivity contribution is 6.32. The van der Waals surface area contributed by atoms with Crippen molar-refractivity contribution in [3.05, 3.63) is 35.4 Å². The monoisotopic (exact) mass is 172 g/mol. The topological polar surface area (TPSA) is 0 Å². The smallest absolute Gasteiger partial charge is 0.0793 e. The van der Waals surface area contributed by atoms with Crippen LogP contribution in [-0.2, 0) is 0 Å². The standard InChI is InChI=1S/C8H6Cl2/c9-7-5-3-1-2-4-6(5)8(7)10/h1-4,7-8H/t7-,8-/m1/s1. The lowest BCUT2D eigenvalue weighted by atomic mass is 9.88. The van der Waals surface area contributed by atoms with Gasteiger partial charge in [0.2, 0.25) is 0 Å². The van der Waals surface area contributed by atoms with Crippen LogP contribution in [0, 0.1) is 0 Å². The minimum Gasteiger partial charge on any atom is -0.116 e. The molecule has 0 spiro atoms. The molecule has 0 aromatic heterocycles. The third-order valence-corrected chi connectivity index (χ3v) is 2.95. The normalized spacial score (nSPS) is 29.0. The van der Waals surface area contributed by atoms with E-state index in [0.29, 0.717) is 0 Å². The third-order valence-electron chi connectivity index (χ3n) is 1.85. The zero-order valence-electron chi connectivity index (χ0n) is 5.22. The van der Waals surface area contributed by atoms with Gasteiger partial charge in [0.15, 0.2) is 0 Å². The van der Waals surface area contributed by atoms with E-state index in [2.05, 4.69) is 0 Å². The van der Waals surface area contributed by atoms with E-state index in [9.17, 15) is 0 Å². The van der Waals surface area contributed by atoms with E-state index in [1.165, 1.54) is 11.1 Å². The van der Waals surface area contributed by atoms with Crippen LogP contribution >= 0.6 is 23.2 Å². The van der Waals surface area contributed by atoms with Crippen LogP contribution in [0.1, 0.15) is 21.9 Å². The van der Waals surface area contributed by atoms with Crippen molar-refractivity contribution >= 4 is 23.2 Å². The Labute approximate surface area is 69.8 Å². The quantitative estimate of drug-likeness (QED) is 0.528. The fourth-order valence-electron chi connectivity index (χ4n) is 1.23. The molecule has 0 saturated carbocycles. The zero-order valence-corrected chi connectivity index (χ0v) is 6.73. The summed E-state index contributed by atoms with van der Waals surface area (Å²) in [6.45, 7) is 0. The summed E-state index contributed by atoms with van der Waals surface area (Å²) >= 11 is 11.8. The molecular weight excluding hydrogens is 167 g/mol. The van der Waals surface area contributed by atoms with E-state index in [4.69, 9.17) is 23.2 Å². The molecule has 2 heteroatoms. The predicted octanol–water partition coefficient (Wildman–Crippen LogP) is 3.26. The lowest BCUT2D eigenvalue weighted by molar-refractivity contribution is 0.770. The molecule has 2 rings (SSSR count). The number of benzene rings is 1. The average Bonchev–Trinajstić information content (AvgIpc) is 2.03. The minimum atomic E-state index is 0.0258. The molecule has 52 valence electrons. The van der Waals surface area contributed by atoms with E-state index in [0.717, 1.165) is 0 Å². The van der Waals surface area contributed by atoms with Crippen molar-refractivity contribution in [1.29, 1.82) is 0 Å². The maximum atomic E-state index is 5.90. The summed E-state index contributed by atoms with van der Waals surface area (Å²) in [6, 6.07) is 8.01. The van der Waals surface area contributed by atoms with Gasteiger partial charge in [0.05, 0.1) is 10.8 Å². The van der Waals surface area contributed by atoms with Gasteiger partial charge in [0.1, 0.15) is 0 Å². The summed E-state index contributed by atoms with van der Waals surface area (Å²) in [4.78, 5) is 0. The first-order valence-corrected chi connectivity index (χ1v) is 4.05. The van der Waals surface area contributed by atoms with E-state index >= 15 is 0 Å². The van der Waals surface area contributed by atoms with Gasteiger partial charge in [-0.15, -0.1) is 23.2 Å². The van der Waals surface area contributed by atoms with E-state index in [-0.39, 0.29) is 10.8 Å². The molecule has 1 aliphatic rings. The van der Waals surface area contributed by atoms with Gasteiger partial charge in [0, 0.05) is 0 Å². The Morgan fingerprint density at radius 2 is 1.30 bits per heavy atom. The van der Waals surface area contributed by atoms with Crippen molar-refractivity contribution in [3.8, 4) is 0 Å². The number of fused-ring (bicyclic) bond motifs is 1. The maximum Gasteiger partial charge on any atom is 0.0793 e. The molecule has 0 heterocycles. The Kier molecular flexibility index (Phi) is 1.40. The molecule has 0 unspecified atom stereocenters. The van der Waals surface area contributed by atoms with Gasteiger partial charge in [-0.3, -0.25) is 0 Å². The first kappa shape index (κ1) is 6.51. The minimum absolute atomic E-state index is 0.0258. The summed E-state index contributed by atoms with van der Waals surface area (Å²) in [5, 5.41) is 0.0516. The van der Waals surface area contributed by atoms with Crippen molar-refractivity contribution in [2.75, 3.05) is 0 Å². The van der Waals surface area contributed by atoms with Crippen LogP contribution in [0.2, 0.25) is 0 Å². The molecule has 1 aromatic carbocycles. The first-order valence-electron chi connectivity index (χ1n) is 3.17. The Balaban J connectivity index is 2.50. The molecule has 0 saturated heterocycles. The molecule has 0 bridgehead atoms. The van der Waals surface area contributed by atoms with Crippen molar-refractivity contribution in [2.24, 2.45) is 0 Å². The van der Waals surface area contributed by atoms with Crippen LogP contribution in [0.4, 0.5) is 0 Å². The molecule has 0 N–H and O–H groups in total. The number of rotatable bonds is 0. The maximum absolute atomic E-state index is 5.90. The van der Waals surface area contributed by atoms with Crippen LogP contribution in [0.25, 0.3) is 0 Å². The van der Waals surface area contributed by atoms with Gasteiger partial charge in [-0.25, -0.2) is 0 Å². The van der Waals surface area contributed by atoms with Gasteiger partial charge >= 0.3 is 0 Å². The predicted molar refractivity (Wildman–Crippen MR) is 43.6 cm³/mol. The summed E-state index contributed by atoms with van der Waals surface area (Å²) in [5.74, 6) is 0. The molecule has 10 heavy (non-hydrogen) atoms. The van der Waals surface area contributed by atoms with Gasteiger partial charge in [-0.05, 0) is 11.1 Å². The van der Waals surface area contributed by atoms with Crippen LogP contribution in [0.3, 0.4) is 0 Å². The van der Waals surface area contributed by atoms with Crippen LogP contribution < -0.4 is 0 Å². The number of halogens is 2. The SMILES string of the molecule is Cl[C@@H]1c2ccccc2[C@H]1Cl. The highest BCUT2D eigenvalue weighted by Crippen LogP contribution is 2.51. The second-order valence-corrected chi connectivity index (χ2v) is 3.37. The Hall–Kier alpha value is -0.200. The number of hydrogen-bond donors (Lipinski definition) is 0. The molecule has 0 amide bonds. The molecule has 2 atom stereocenters. The van der Waals surface area contributed by atoms with Gasteiger partial charge in [-0.2, -0.15) is 0 Å².